The summed E-state index contributed by atoms with van der Waals surface area (Å²) in [7, 11) is 0. The molecule has 25 heavy (non-hydrogen) atoms. The molecule has 3 nitrogen and oxygen atoms in total. The molecule has 0 amide bonds. The van der Waals surface area contributed by atoms with Crippen LogP contribution in [0.3, 0.4) is 0 Å². The van der Waals surface area contributed by atoms with Crippen LogP contribution in [0.15, 0.2) is 78.9 Å². The Hall–Kier alpha value is -3.46. The fraction of sp³-hybridized carbons (Fsp3) is 0. The molecule has 4 aromatic rings. The Bertz CT molecular complexity index is 1210. The number of hydrogen-bond acceptors (Lipinski definition) is 2. The molecule has 0 saturated heterocycles. The lowest BCUT2D eigenvalue weighted by Gasteiger charge is -2.14. The van der Waals surface area contributed by atoms with Crippen LogP contribution in [0, 0.1) is 0 Å². The number of aromatic nitrogens is 1. The molecule has 0 unspecified atom stereocenters. The van der Waals surface area contributed by atoms with Gasteiger partial charge in [-0.05, 0) is 36.4 Å². The Morgan fingerprint density at radius 3 is 2.20 bits per heavy atom. The van der Waals surface area contributed by atoms with Gasteiger partial charge in [0.2, 0.25) is 0 Å². The number of rotatable bonds is 1. The summed E-state index contributed by atoms with van der Waals surface area (Å²) in [5.74, 6) is -0.249. The third-order valence-electron chi connectivity index (χ3n) is 4.75. The molecular formula is C22H13NO2. The first-order valence-electron chi connectivity index (χ1n) is 8.14. The van der Waals surface area contributed by atoms with Crippen molar-refractivity contribution in [3.05, 3.63) is 90.0 Å². The summed E-state index contributed by atoms with van der Waals surface area (Å²) in [5, 5.41) is 2.05. The second-order valence-corrected chi connectivity index (χ2v) is 6.13. The van der Waals surface area contributed by atoms with E-state index in [9.17, 15) is 9.59 Å². The van der Waals surface area contributed by atoms with E-state index in [2.05, 4.69) is 10.6 Å². The maximum Gasteiger partial charge on any atom is 0.188 e. The number of hydrogen-bond donors (Lipinski definition) is 0. The molecule has 0 atom stereocenters. The molecular weight excluding hydrogens is 310 g/mol. The van der Waals surface area contributed by atoms with Crippen molar-refractivity contribution < 1.29 is 9.59 Å². The summed E-state index contributed by atoms with van der Waals surface area (Å²) < 4.78 is 2.08. The predicted molar refractivity (Wildman–Crippen MR) is 98.6 cm³/mol. The highest BCUT2D eigenvalue weighted by Gasteiger charge is 2.25. The third kappa shape index (κ3) is 1.86. The molecule has 0 bridgehead atoms. The van der Waals surface area contributed by atoms with E-state index in [0.717, 1.165) is 27.5 Å². The molecule has 3 aromatic carbocycles. The number of carbonyl (C=O) groups excluding carboxylic acids is 2. The largest absolute Gasteiger partial charge is 0.308 e. The summed E-state index contributed by atoms with van der Waals surface area (Å²) in [6.45, 7) is 0. The summed E-state index contributed by atoms with van der Waals surface area (Å²) >= 11 is 0. The first-order valence-corrected chi connectivity index (χ1v) is 8.14. The lowest BCUT2D eigenvalue weighted by atomic mass is 9.92. The molecule has 5 rings (SSSR count). The third-order valence-corrected chi connectivity index (χ3v) is 4.75. The Morgan fingerprint density at radius 1 is 0.640 bits per heavy atom. The maximum atomic E-state index is 12.7. The van der Waals surface area contributed by atoms with Crippen LogP contribution >= 0.6 is 0 Å². The highest BCUT2D eigenvalue weighted by Crippen LogP contribution is 2.36. The van der Waals surface area contributed by atoms with E-state index in [-0.39, 0.29) is 11.6 Å². The van der Waals surface area contributed by atoms with Crippen LogP contribution in [0.25, 0.3) is 27.5 Å². The standard InChI is InChI=1S/C22H13NO2/c24-19-12-13-20(25)21-17(19)11-10-16-15-8-4-5-9-18(15)23(22(16)21)14-6-2-1-3-7-14/h1-13H. The normalized spacial score (nSPS) is 13.6. The van der Waals surface area contributed by atoms with Crippen molar-refractivity contribution in [2.75, 3.05) is 0 Å². The Morgan fingerprint density at radius 2 is 1.36 bits per heavy atom. The first-order chi connectivity index (χ1) is 12.3. The number of ketones is 2. The number of para-hydroxylation sites is 2. The van der Waals surface area contributed by atoms with Gasteiger partial charge < -0.3 is 4.57 Å². The molecule has 118 valence electrons. The first kappa shape index (κ1) is 13.9. The minimum atomic E-state index is -0.125. The van der Waals surface area contributed by atoms with E-state index in [4.69, 9.17) is 0 Å². The molecule has 0 spiro atoms. The quantitative estimate of drug-likeness (QED) is 0.508. The number of nitrogens with zero attached hydrogens (tertiary/aromatic N) is 1. The van der Waals surface area contributed by atoms with Crippen molar-refractivity contribution in [3.8, 4) is 5.69 Å². The summed E-state index contributed by atoms with van der Waals surface area (Å²) in [4.78, 5) is 24.9. The lowest BCUT2D eigenvalue weighted by Crippen LogP contribution is -2.13. The minimum absolute atomic E-state index is 0.124. The van der Waals surface area contributed by atoms with Crippen LogP contribution < -0.4 is 0 Å². The van der Waals surface area contributed by atoms with E-state index in [1.807, 2.05) is 54.6 Å². The molecule has 0 aliphatic heterocycles. The summed E-state index contributed by atoms with van der Waals surface area (Å²) in [5.41, 5.74) is 3.75. The van der Waals surface area contributed by atoms with Crippen LogP contribution in [0.1, 0.15) is 20.7 Å². The lowest BCUT2D eigenvalue weighted by molar-refractivity contribution is 0.0995. The van der Waals surface area contributed by atoms with Crippen molar-refractivity contribution in [1.82, 2.24) is 4.57 Å². The average molecular weight is 323 g/mol. The highest BCUT2D eigenvalue weighted by molar-refractivity contribution is 6.28. The molecule has 1 aromatic heterocycles. The number of allylic oxidation sites excluding steroid dienone is 2. The second-order valence-electron chi connectivity index (χ2n) is 6.13. The van der Waals surface area contributed by atoms with Gasteiger partial charge in [-0.25, -0.2) is 0 Å². The zero-order chi connectivity index (χ0) is 17.0. The Kier molecular flexibility index (Phi) is 2.80. The molecule has 1 aliphatic carbocycles. The Balaban J connectivity index is 2.05. The smallest absolute Gasteiger partial charge is 0.188 e. The van der Waals surface area contributed by atoms with Crippen molar-refractivity contribution in [2.24, 2.45) is 0 Å². The molecule has 0 radical (unpaired) electrons. The zero-order valence-electron chi connectivity index (χ0n) is 13.3. The molecule has 0 fully saturated rings. The fourth-order valence-corrected chi connectivity index (χ4v) is 3.68. The topological polar surface area (TPSA) is 39.1 Å². The number of carbonyl (C=O) groups is 2. The van der Waals surface area contributed by atoms with Crippen LogP contribution in [0.4, 0.5) is 0 Å². The predicted octanol–water partition coefficient (Wildman–Crippen LogP) is 4.72. The van der Waals surface area contributed by atoms with Crippen molar-refractivity contribution in [2.45, 2.75) is 0 Å². The average Bonchev–Trinajstić information content (AvgIpc) is 3.00. The van der Waals surface area contributed by atoms with Gasteiger partial charge in [-0.3, -0.25) is 9.59 Å². The number of fused-ring (bicyclic) bond motifs is 5. The van der Waals surface area contributed by atoms with E-state index in [0.29, 0.717) is 11.1 Å². The van der Waals surface area contributed by atoms with Gasteiger partial charge in [0.25, 0.3) is 0 Å². The molecule has 0 N–H and O–H groups in total. The van der Waals surface area contributed by atoms with Crippen molar-refractivity contribution in [3.63, 3.8) is 0 Å². The van der Waals surface area contributed by atoms with Gasteiger partial charge in [0, 0.05) is 22.0 Å². The molecule has 1 heterocycles. The van der Waals surface area contributed by atoms with E-state index < -0.39 is 0 Å². The van der Waals surface area contributed by atoms with Crippen LogP contribution in [-0.4, -0.2) is 16.1 Å². The van der Waals surface area contributed by atoms with Crippen LogP contribution in [0.2, 0.25) is 0 Å². The van der Waals surface area contributed by atoms with Gasteiger partial charge in [-0.15, -0.1) is 0 Å². The Labute approximate surface area is 143 Å². The van der Waals surface area contributed by atoms with Gasteiger partial charge >= 0.3 is 0 Å². The number of benzene rings is 3. The van der Waals surface area contributed by atoms with Gasteiger partial charge in [0.05, 0.1) is 16.6 Å². The van der Waals surface area contributed by atoms with Gasteiger partial charge in [-0.1, -0.05) is 42.5 Å². The van der Waals surface area contributed by atoms with Gasteiger partial charge in [0.1, 0.15) is 0 Å². The van der Waals surface area contributed by atoms with Crippen LogP contribution in [-0.2, 0) is 0 Å². The van der Waals surface area contributed by atoms with Gasteiger partial charge in [0.15, 0.2) is 11.6 Å². The zero-order valence-corrected chi connectivity index (χ0v) is 13.3. The maximum absolute atomic E-state index is 12.7. The second kappa shape index (κ2) is 5.02. The molecule has 0 saturated carbocycles. The fourth-order valence-electron chi connectivity index (χ4n) is 3.68. The van der Waals surface area contributed by atoms with E-state index in [1.165, 1.54) is 12.2 Å². The highest BCUT2D eigenvalue weighted by atomic mass is 16.1. The van der Waals surface area contributed by atoms with Crippen LogP contribution in [0.5, 0.6) is 0 Å². The van der Waals surface area contributed by atoms with Gasteiger partial charge in [-0.2, -0.15) is 0 Å². The monoisotopic (exact) mass is 323 g/mol. The SMILES string of the molecule is O=C1C=CC(=O)c2c1ccc1c3ccccc3n(-c3ccccc3)c21. The van der Waals surface area contributed by atoms with Crippen molar-refractivity contribution >= 4 is 33.4 Å². The van der Waals surface area contributed by atoms with E-state index in [1.54, 1.807) is 6.07 Å². The van der Waals surface area contributed by atoms with Crippen molar-refractivity contribution in [1.29, 1.82) is 0 Å². The van der Waals surface area contributed by atoms with E-state index >= 15 is 0 Å². The molecule has 3 heteroatoms. The summed E-state index contributed by atoms with van der Waals surface area (Å²) in [6.07, 6.45) is 2.73. The molecule has 1 aliphatic rings. The summed E-state index contributed by atoms with van der Waals surface area (Å²) in [6, 6.07) is 21.7. The minimum Gasteiger partial charge on any atom is -0.308 e.